The highest BCUT2D eigenvalue weighted by Gasteiger charge is 1.97. The van der Waals surface area contributed by atoms with Gasteiger partial charge in [-0.15, -0.1) is 0 Å². The van der Waals surface area contributed by atoms with Crippen molar-refractivity contribution in [3.63, 3.8) is 0 Å². The number of benzene rings is 1. The van der Waals surface area contributed by atoms with Gasteiger partial charge in [0.1, 0.15) is 0 Å². The van der Waals surface area contributed by atoms with Gasteiger partial charge >= 0.3 is 0 Å². The highest BCUT2D eigenvalue weighted by atomic mass is 35.5. The smallest absolute Gasteiger partial charge is 0.158 e. The summed E-state index contributed by atoms with van der Waals surface area (Å²) in [6, 6.07) is 5.54. The Morgan fingerprint density at radius 3 is 2.77 bits per heavy atom. The molecule has 0 saturated carbocycles. The van der Waals surface area contributed by atoms with E-state index in [9.17, 15) is 0 Å². The Kier molecular flexibility index (Phi) is 3.63. The first-order valence-corrected chi connectivity index (χ1v) is 5.38. The lowest BCUT2D eigenvalue weighted by molar-refractivity contribution is 1.39. The van der Waals surface area contributed by atoms with Crippen LogP contribution >= 0.6 is 23.4 Å². The summed E-state index contributed by atoms with van der Waals surface area (Å²) in [6.07, 6.45) is 1.89. The number of amidine groups is 1. The fourth-order valence-electron chi connectivity index (χ4n) is 0.909. The van der Waals surface area contributed by atoms with Gasteiger partial charge in [-0.05, 0) is 36.9 Å². The highest BCUT2D eigenvalue weighted by molar-refractivity contribution is 8.13. The van der Waals surface area contributed by atoms with E-state index in [2.05, 4.69) is 4.99 Å². The summed E-state index contributed by atoms with van der Waals surface area (Å²) in [5.74, 6) is 0. The molecule has 0 aliphatic carbocycles. The zero-order valence-corrected chi connectivity index (χ0v) is 9.12. The maximum Gasteiger partial charge on any atom is 0.158 e. The normalized spacial score (nSPS) is 11.8. The zero-order valence-electron chi connectivity index (χ0n) is 7.54. The first-order chi connectivity index (χ1) is 6.13. The van der Waals surface area contributed by atoms with Crippen molar-refractivity contribution in [1.82, 2.24) is 0 Å². The van der Waals surface area contributed by atoms with Crippen molar-refractivity contribution in [2.45, 2.75) is 6.92 Å². The van der Waals surface area contributed by atoms with Crippen LogP contribution in [0.1, 0.15) is 5.56 Å². The van der Waals surface area contributed by atoms with Gasteiger partial charge in [0.2, 0.25) is 0 Å². The molecule has 0 radical (unpaired) electrons. The van der Waals surface area contributed by atoms with Crippen LogP contribution in [0.2, 0.25) is 5.02 Å². The summed E-state index contributed by atoms with van der Waals surface area (Å²) in [5.41, 5.74) is 7.50. The molecule has 2 N–H and O–H groups in total. The Morgan fingerprint density at radius 2 is 2.23 bits per heavy atom. The standard InChI is InChI=1S/C9H11ClN2S/c1-6-5-7(10)3-4-8(6)12-9(11)13-2/h3-5H,1-2H3,(H2,11,12). The second-order valence-corrected chi connectivity index (χ2v) is 3.85. The molecule has 0 aromatic heterocycles. The lowest BCUT2D eigenvalue weighted by Crippen LogP contribution is -2.04. The summed E-state index contributed by atoms with van der Waals surface area (Å²) >= 11 is 7.23. The third-order valence-electron chi connectivity index (χ3n) is 1.60. The molecule has 1 aromatic carbocycles. The number of hydrogen-bond donors (Lipinski definition) is 1. The van der Waals surface area contributed by atoms with Gasteiger partial charge in [-0.25, -0.2) is 4.99 Å². The van der Waals surface area contributed by atoms with Gasteiger partial charge in [0.05, 0.1) is 5.69 Å². The van der Waals surface area contributed by atoms with Crippen molar-refractivity contribution in [3.05, 3.63) is 28.8 Å². The average molecular weight is 215 g/mol. The number of hydrogen-bond acceptors (Lipinski definition) is 2. The van der Waals surface area contributed by atoms with Crippen molar-refractivity contribution in [2.24, 2.45) is 10.7 Å². The van der Waals surface area contributed by atoms with Gasteiger partial charge < -0.3 is 5.73 Å². The molecule has 0 saturated heterocycles. The van der Waals surface area contributed by atoms with E-state index < -0.39 is 0 Å². The van der Waals surface area contributed by atoms with E-state index in [-0.39, 0.29) is 0 Å². The van der Waals surface area contributed by atoms with E-state index in [1.165, 1.54) is 11.8 Å². The number of aryl methyl sites for hydroxylation is 1. The molecule has 0 aliphatic heterocycles. The summed E-state index contributed by atoms with van der Waals surface area (Å²) in [4.78, 5) is 4.22. The first kappa shape index (κ1) is 10.4. The molecule has 0 atom stereocenters. The predicted molar refractivity (Wildman–Crippen MR) is 61.0 cm³/mol. The molecule has 0 amide bonds. The molecular formula is C9H11ClN2S. The van der Waals surface area contributed by atoms with Crippen molar-refractivity contribution >= 4 is 34.2 Å². The number of rotatable bonds is 1. The summed E-state index contributed by atoms with van der Waals surface area (Å²) < 4.78 is 0. The van der Waals surface area contributed by atoms with Crippen LogP contribution in [0.15, 0.2) is 23.2 Å². The van der Waals surface area contributed by atoms with Crippen LogP contribution in [-0.2, 0) is 0 Å². The zero-order chi connectivity index (χ0) is 9.84. The molecular weight excluding hydrogens is 204 g/mol. The summed E-state index contributed by atoms with van der Waals surface area (Å²) in [7, 11) is 0. The molecule has 4 heteroatoms. The molecule has 1 aromatic rings. The van der Waals surface area contributed by atoms with E-state index in [1.807, 2.05) is 25.3 Å². The van der Waals surface area contributed by atoms with Gasteiger partial charge in [-0.2, -0.15) is 0 Å². The van der Waals surface area contributed by atoms with E-state index in [0.29, 0.717) is 5.17 Å². The predicted octanol–water partition coefficient (Wildman–Crippen LogP) is 2.96. The molecule has 70 valence electrons. The van der Waals surface area contributed by atoms with Gasteiger partial charge in [0.25, 0.3) is 0 Å². The number of thioether (sulfide) groups is 1. The van der Waals surface area contributed by atoms with E-state index >= 15 is 0 Å². The average Bonchev–Trinajstić information content (AvgIpc) is 2.09. The molecule has 0 heterocycles. The number of halogens is 1. The van der Waals surface area contributed by atoms with Crippen molar-refractivity contribution in [1.29, 1.82) is 0 Å². The Labute approximate surface area is 87.2 Å². The Bertz CT molecular complexity index is 336. The number of aliphatic imine (C=N–C) groups is 1. The van der Waals surface area contributed by atoms with Gasteiger partial charge in [-0.1, -0.05) is 23.4 Å². The van der Waals surface area contributed by atoms with Crippen LogP contribution in [0.3, 0.4) is 0 Å². The van der Waals surface area contributed by atoms with Crippen LogP contribution in [0.25, 0.3) is 0 Å². The molecule has 0 fully saturated rings. The minimum Gasteiger partial charge on any atom is -0.378 e. The molecule has 0 aliphatic rings. The fourth-order valence-corrected chi connectivity index (χ4v) is 1.32. The van der Waals surface area contributed by atoms with Crippen LogP contribution in [0.4, 0.5) is 5.69 Å². The van der Waals surface area contributed by atoms with Gasteiger partial charge in [0.15, 0.2) is 5.17 Å². The van der Waals surface area contributed by atoms with Crippen LogP contribution in [0.5, 0.6) is 0 Å². The van der Waals surface area contributed by atoms with Gasteiger partial charge in [0, 0.05) is 5.02 Å². The molecule has 1 rings (SSSR count). The minimum atomic E-state index is 0.561. The largest absolute Gasteiger partial charge is 0.378 e. The molecule has 0 bridgehead atoms. The van der Waals surface area contributed by atoms with Gasteiger partial charge in [-0.3, -0.25) is 0 Å². The Morgan fingerprint density at radius 1 is 1.54 bits per heavy atom. The number of nitrogens with two attached hydrogens (primary N) is 1. The number of nitrogens with zero attached hydrogens (tertiary/aromatic N) is 1. The topological polar surface area (TPSA) is 38.4 Å². The van der Waals surface area contributed by atoms with Crippen LogP contribution < -0.4 is 5.73 Å². The van der Waals surface area contributed by atoms with E-state index in [1.54, 1.807) is 6.07 Å². The quantitative estimate of drug-likeness (QED) is 0.577. The highest BCUT2D eigenvalue weighted by Crippen LogP contribution is 2.22. The molecule has 13 heavy (non-hydrogen) atoms. The molecule has 0 spiro atoms. The summed E-state index contributed by atoms with van der Waals surface area (Å²) in [5, 5.41) is 1.28. The maximum atomic E-state index is 5.80. The van der Waals surface area contributed by atoms with Crippen LogP contribution in [-0.4, -0.2) is 11.4 Å². The fraction of sp³-hybridized carbons (Fsp3) is 0.222. The Hall–Kier alpha value is -0.670. The third-order valence-corrected chi connectivity index (χ3v) is 2.34. The van der Waals surface area contributed by atoms with Crippen molar-refractivity contribution in [2.75, 3.05) is 6.26 Å². The van der Waals surface area contributed by atoms with E-state index in [0.717, 1.165) is 16.3 Å². The third kappa shape index (κ3) is 2.94. The van der Waals surface area contributed by atoms with Crippen molar-refractivity contribution in [3.8, 4) is 0 Å². The monoisotopic (exact) mass is 214 g/mol. The maximum absolute atomic E-state index is 5.80. The lowest BCUT2D eigenvalue weighted by atomic mass is 10.2. The first-order valence-electron chi connectivity index (χ1n) is 3.78. The SMILES string of the molecule is CSC(N)=Nc1ccc(Cl)cc1C. The second-order valence-electron chi connectivity index (χ2n) is 2.58. The second kappa shape index (κ2) is 4.53. The lowest BCUT2D eigenvalue weighted by Gasteiger charge is -2.01. The minimum absolute atomic E-state index is 0.561. The van der Waals surface area contributed by atoms with Crippen molar-refractivity contribution < 1.29 is 0 Å². The molecule has 0 unspecified atom stereocenters. The molecule has 2 nitrogen and oxygen atoms in total. The van der Waals surface area contributed by atoms with Crippen LogP contribution in [0, 0.1) is 6.92 Å². The Balaban J connectivity index is 3.03. The van der Waals surface area contributed by atoms with E-state index in [4.69, 9.17) is 17.3 Å². The summed E-state index contributed by atoms with van der Waals surface area (Å²) in [6.45, 7) is 1.96.